The molecule has 0 spiro atoms. The first-order valence-corrected chi connectivity index (χ1v) is 1.53. The Kier molecular flexibility index (Phi) is 1.52. The summed E-state index contributed by atoms with van der Waals surface area (Å²) >= 11 is 0. The summed E-state index contributed by atoms with van der Waals surface area (Å²) in [6.07, 6.45) is 0. The fourth-order valence-corrected chi connectivity index (χ4v) is 0. The SMILES string of the molecule is [B]C(=C)C(=C)N. The lowest BCUT2D eigenvalue weighted by Gasteiger charge is -1.89. The lowest BCUT2D eigenvalue weighted by Crippen LogP contribution is -1.96. The van der Waals surface area contributed by atoms with E-state index in [1.165, 1.54) is 0 Å². The van der Waals surface area contributed by atoms with Crippen LogP contribution in [-0.4, -0.2) is 7.85 Å². The molecule has 0 aliphatic heterocycles. The third-order valence-corrected chi connectivity index (χ3v) is 0.412. The summed E-state index contributed by atoms with van der Waals surface area (Å²) in [7, 11) is 5.02. The first-order valence-electron chi connectivity index (χ1n) is 1.53. The van der Waals surface area contributed by atoms with Crippen LogP contribution < -0.4 is 5.73 Å². The molecule has 0 aromatic carbocycles. The van der Waals surface area contributed by atoms with E-state index in [1.54, 1.807) is 0 Å². The lowest BCUT2D eigenvalue weighted by atomic mass is 9.96. The second kappa shape index (κ2) is 1.70. The molecule has 0 aromatic heterocycles. The first-order chi connectivity index (χ1) is 2.64. The Morgan fingerprint density at radius 1 is 1.50 bits per heavy atom. The molecule has 0 atom stereocenters. The highest BCUT2D eigenvalue weighted by Crippen LogP contribution is 1.85. The van der Waals surface area contributed by atoms with Crippen LogP contribution in [0.1, 0.15) is 0 Å². The summed E-state index contributed by atoms with van der Waals surface area (Å²) < 4.78 is 0. The molecule has 6 heavy (non-hydrogen) atoms. The fraction of sp³-hybridized carbons (Fsp3) is 0. The van der Waals surface area contributed by atoms with E-state index >= 15 is 0 Å². The topological polar surface area (TPSA) is 26.0 Å². The maximum Gasteiger partial charge on any atom is 0.115 e. The predicted octanol–water partition coefficient (Wildman–Crippen LogP) is 0.141. The van der Waals surface area contributed by atoms with Crippen LogP contribution in [-0.2, 0) is 0 Å². The lowest BCUT2D eigenvalue weighted by molar-refractivity contribution is 1.44. The van der Waals surface area contributed by atoms with Crippen molar-refractivity contribution in [1.29, 1.82) is 0 Å². The van der Waals surface area contributed by atoms with E-state index < -0.39 is 0 Å². The van der Waals surface area contributed by atoms with Gasteiger partial charge in [-0.25, -0.2) is 0 Å². The minimum absolute atomic E-state index is 0.343. The summed E-state index contributed by atoms with van der Waals surface area (Å²) in [5.74, 6) is 0. The molecule has 30 valence electrons. The molecule has 0 amide bonds. The van der Waals surface area contributed by atoms with Crippen LogP contribution in [0.3, 0.4) is 0 Å². The Bertz CT molecular complexity index is 73.5. The molecule has 0 bridgehead atoms. The summed E-state index contributed by atoms with van der Waals surface area (Å²) in [5.41, 5.74) is 5.70. The number of rotatable bonds is 1. The molecular formula is C4H6BN. The average Bonchev–Trinajstić information content (AvgIpc) is 1.36. The largest absolute Gasteiger partial charge is 0.400 e. The molecule has 2 radical (unpaired) electrons. The Hall–Kier alpha value is -0.655. The number of nitrogens with two attached hydrogens (primary N) is 1. The van der Waals surface area contributed by atoms with E-state index in [2.05, 4.69) is 13.2 Å². The molecule has 0 saturated heterocycles. The summed E-state index contributed by atoms with van der Waals surface area (Å²) in [4.78, 5) is 0. The van der Waals surface area contributed by atoms with Crippen LogP contribution in [0.5, 0.6) is 0 Å². The molecule has 1 nitrogen and oxygen atoms in total. The van der Waals surface area contributed by atoms with Crippen molar-refractivity contribution in [3.8, 4) is 0 Å². The molecule has 0 fully saturated rings. The Labute approximate surface area is 38.9 Å². The molecule has 0 rings (SSSR count). The minimum atomic E-state index is 0.343. The molecule has 2 heteroatoms. The predicted molar refractivity (Wildman–Crippen MR) is 28.2 cm³/mol. The second-order valence-corrected chi connectivity index (χ2v) is 1.05. The minimum Gasteiger partial charge on any atom is -0.400 e. The fourth-order valence-electron chi connectivity index (χ4n) is 0. The van der Waals surface area contributed by atoms with Gasteiger partial charge in [0.2, 0.25) is 0 Å². The molecule has 0 saturated carbocycles. The smallest absolute Gasteiger partial charge is 0.115 e. The molecule has 0 heterocycles. The van der Waals surface area contributed by atoms with Crippen molar-refractivity contribution < 1.29 is 0 Å². The van der Waals surface area contributed by atoms with Gasteiger partial charge in [-0.15, -0.1) is 6.58 Å². The van der Waals surface area contributed by atoms with Crippen molar-refractivity contribution in [1.82, 2.24) is 0 Å². The van der Waals surface area contributed by atoms with E-state index in [9.17, 15) is 0 Å². The van der Waals surface area contributed by atoms with Crippen molar-refractivity contribution in [3.05, 3.63) is 24.3 Å². The van der Waals surface area contributed by atoms with Gasteiger partial charge in [0.15, 0.2) is 0 Å². The number of hydrogen-bond acceptors (Lipinski definition) is 1. The molecule has 0 aromatic rings. The van der Waals surface area contributed by atoms with Crippen LogP contribution in [0.25, 0.3) is 0 Å². The van der Waals surface area contributed by atoms with Gasteiger partial charge in [0.05, 0.1) is 0 Å². The van der Waals surface area contributed by atoms with Gasteiger partial charge in [-0.05, 0) is 0 Å². The van der Waals surface area contributed by atoms with Gasteiger partial charge in [-0.3, -0.25) is 0 Å². The van der Waals surface area contributed by atoms with E-state index in [0.717, 1.165) is 0 Å². The first kappa shape index (κ1) is 5.34. The Morgan fingerprint density at radius 2 is 1.67 bits per heavy atom. The van der Waals surface area contributed by atoms with Gasteiger partial charge < -0.3 is 5.73 Å². The Balaban J connectivity index is 3.57. The zero-order chi connectivity index (χ0) is 5.15. The van der Waals surface area contributed by atoms with Crippen LogP contribution >= 0.6 is 0 Å². The van der Waals surface area contributed by atoms with Crippen LogP contribution in [0, 0.1) is 0 Å². The quantitative estimate of drug-likeness (QED) is 0.351. The van der Waals surface area contributed by atoms with Crippen molar-refractivity contribution in [2.24, 2.45) is 5.73 Å². The van der Waals surface area contributed by atoms with Crippen molar-refractivity contribution in [3.63, 3.8) is 0 Å². The van der Waals surface area contributed by atoms with Crippen molar-refractivity contribution in [2.45, 2.75) is 0 Å². The van der Waals surface area contributed by atoms with Gasteiger partial charge >= 0.3 is 0 Å². The third-order valence-electron chi connectivity index (χ3n) is 0.412. The standard InChI is InChI=1S/C4H6BN/c1-3(5)4(2)6/h1-2,6H2. The summed E-state index contributed by atoms with van der Waals surface area (Å²) in [6, 6.07) is 0. The zero-order valence-electron chi connectivity index (χ0n) is 3.57. The maximum atomic E-state index is 5.02. The molecular weight excluding hydrogens is 72.9 g/mol. The molecule has 0 aliphatic rings. The molecule has 0 aliphatic carbocycles. The van der Waals surface area contributed by atoms with E-state index in [0.29, 0.717) is 11.2 Å². The van der Waals surface area contributed by atoms with Gasteiger partial charge in [0.25, 0.3) is 0 Å². The maximum absolute atomic E-state index is 5.02. The molecule has 2 N–H and O–H groups in total. The highest BCUT2D eigenvalue weighted by molar-refractivity contribution is 6.23. The Morgan fingerprint density at radius 3 is 1.67 bits per heavy atom. The monoisotopic (exact) mass is 79.1 g/mol. The summed E-state index contributed by atoms with van der Waals surface area (Å²) in [6.45, 7) is 6.62. The second-order valence-electron chi connectivity index (χ2n) is 1.05. The normalized spacial score (nSPS) is 7.33. The van der Waals surface area contributed by atoms with E-state index in [4.69, 9.17) is 13.6 Å². The van der Waals surface area contributed by atoms with Gasteiger partial charge in [-0.2, -0.15) is 0 Å². The van der Waals surface area contributed by atoms with Crippen LogP contribution in [0.2, 0.25) is 0 Å². The van der Waals surface area contributed by atoms with Gasteiger partial charge in [0.1, 0.15) is 7.85 Å². The van der Waals surface area contributed by atoms with Crippen molar-refractivity contribution in [2.75, 3.05) is 0 Å². The van der Waals surface area contributed by atoms with E-state index in [1.807, 2.05) is 0 Å². The van der Waals surface area contributed by atoms with Gasteiger partial charge in [-0.1, -0.05) is 12.1 Å². The van der Waals surface area contributed by atoms with Crippen LogP contribution in [0.4, 0.5) is 0 Å². The average molecular weight is 78.9 g/mol. The van der Waals surface area contributed by atoms with Gasteiger partial charge in [0, 0.05) is 5.70 Å². The van der Waals surface area contributed by atoms with Crippen molar-refractivity contribution >= 4 is 7.85 Å². The zero-order valence-corrected chi connectivity index (χ0v) is 3.57. The highest BCUT2D eigenvalue weighted by Gasteiger charge is 1.77. The third kappa shape index (κ3) is 1.64. The van der Waals surface area contributed by atoms with Crippen LogP contribution in [0.15, 0.2) is 24.3 Å². The number of allylic oxidation sites excluding steroid dienone is 1. The molecule has 0 unspecified atom stereocenters. The highest BCUT2D eigenvalue weighted by atomic mass is 14.5. The number of hydrogen-bond donors (Lipinski definition) is 1. The van der Waals surface area contributed by atoms with E-state index in [-0.39, 0.29) is 0 Å². The summed E-state index contributed by atoms with van der Waals surface area (Å²) in [5, 5.41) is 0.